The summed E-state index contributed by atoms with van der Waals surface area (Å²) in [4.78, 5) is 0. The lowest BCUT2D eigenvalue weighted by atomic mass is 10.1. The summed E-state index contributed by atoms with van der Waals surface area (Å²) in [6, 6.07) is 9.72. The topological polar surface area (TPSA) is 12.0 Å². The number of hydrogen-bond donors (Lipinski definition) is 1. The predicted molar refractivity (Wildman–Crippen MR) is 64.8 cm³/mol. The number of benzene rings is 2. The Labute approximate surface area is 103 Å². The zero-order chi connectivity index (χ0) is 13.1. The van der Waals surface area contributed by atoms with E-state index in [1.165, 1.54) is 6.07 Å². The van der Waals surface area contributed by atoms with E-state index in [9.17, 15) is 13.2 Å². The van der Waals surface area contributed by atoms with Gasteiger partial charge in [-0.15, -0.1) is 0 Å². The lowest BCUT2D eigenvalue weighted by Gasteiger charge is -2.09. The molecule has 0 aliphatic heterocycles. The summed E-state index contributed by atoms with van der Waals surface area (Å²) in [5.74, 6) is -3.83. The fraction of sp³-hybridized carbons (Fsp3) is 0.143. The Morgan fingerprint density at radius 3 is 2.50 bits per heavy atom. The van der Waals surface area contributed by atoms with E-state index < -0.39 is 17.5 Å². The zero-order valence-corrected chi connectivity index (χ0v) is 9.81. The van der Waals surface area contributed by atoms with E-state index in [0.29, 0.717) is 6.54 Å². The van der Waals surface area contributed by atoms with Gasteiger partial charge in [0.2, 0.25) is 0 Å². The zero-order valence-electron chi connectivity index (χ0n) is 9.81. The minimum absolute atomic E-state index is 0.0459. The highest BCUT2D eigenvalue weighted by molar-refractivity contribution is 5.46. The summed E-state index contributed by atoms with van der Waals surface area (Å²) in [5, 5.41) is 2.74. The lowest BCUT2D eigenvalue weighted by molar-refractivity contribution is 0.449. The lowest BCUT2D eigenvalue weighted by Crippen LogP contribution is -2.04. The molecule has 0 aliphatic rings. The van der Waals surface area contributed by atoms with Crippen LogP contribution in [0.3, 0.4) is 0 Å². The van der Waals surface area contributed by atoms with Crippen molar-refractivity contribution in [2.45, 2.75) is 13.5 Å². The van der Waals surface area contributed by atoms with Gasteiger partial charge in [-0.25, -0.2) is 13.2 Å². The third-order valence-corrected chi connectivity index (χ3v) is 2.60. The van der Waals surface area contributed by atoms with Crippen LogP contribution in [0.2, 0.25) is 0 Å². The first kappa shape index (κ1) is 12.5. The molecule has 4 heteroatoms. The van der Waals surface area contributed by atoms with Crippen molar-refractivity contribution < 1.29 is 13.2 Å². The van der Waals surface area contributed by atoms with Gasteiger partial charge >= 0.3 is 0 Å². The third kappa shape index (κ3) is 2.64. The van der Waals surface area contributed by atoms with Crippen LogP contribution in [0.15, 0.2) is 36.4 Å². The number of hydrogen-bond acceptors (Lipinski definition) is 1. The van der Waals surface area contributed by atoms with Crippen LogP contribution in [0.25, 0.3) is 0 Å². The smallest absolute Gasteiger partial charge is 0.196 e. The average Bonchev–Trinajstić information content (AvgIpc) is 2.35. The largest absolute Gasteiger partial charge is 0.379 e. The molecule has 0 radical (unpaired) electrons. The van der Waals surface area contributed by atoms with E-state index in [1.54, 1.807) is 0 Å². The van der Waals surface area contributed by atoms with Gasteiger partial charge < -0.3 is 5.32 Å². The Morgan fingerprint density at radius 1 is 1.00 bits per heavy atom. The van der Waals surface area contributed by atoms with E-state index in [1.807, 2.05) is 31.2 Å². The molecule has 94 valence electrons. The normalized spacial score (nSPS) is 10.4. The highest BCUT2D eigenvalue weighted by Gasteiger charge is 2.12. The Hall–Kier alpha value is -1.97. The van der Waals surface area contributed by atoms with Crippen LogP contribution in [0.5, 0.6) is 0 Å². The molecule has 0 spiro atoms. The Morgan fingerprint density at radius 2 is 1.78 bits per heavy atom. The molecule has 0 bridgehead atoms. The molecule has 2 aromatic rings. The van der Waals surface area contributed by atoms with Gasteiger partial charge in [-0.3, -0.25) is 0 Å². The Balaban J connectivity index is 2.14. The number of nitrogens with one attached hydrogen (secondary N) is 1. The summed E-state index contributed by atoms with van der Waals surface area (Å²) in [6.45, 7) is 2.30. The molecular formula is C14H12F3N. The minimum atomic E-state index is -1.45. The highest BCUT2D eigenvalue weighted by atomic mass is 19.2. The number of rotatable bonds is 3. The molecule has 2 rings (SSSR count). The fourth-order valence-corrected chi connectivity index (χ4v) is 1.68. The van der Waals surface area contributed by atoms with Crippen LogP contribution in [0.1, 0.15) is 11.1 Å². The first-order valence-electron chi connectivity index (χ1n) is 5.51. The molecule has 0 unspecified atom stereocenters. The van der Waals surface area contributed by atoms with Crippen molar-refractivity contribution in [1.29, 1.82) is 0 Å². The molecular weight excluding hydrogens is 239 g/mol. The van der Waals surface area contributed by atoms with Crippen LogP contribution < -0.4 is 5.32 Å². The standard InChI is InChI=1S/C14H12F3N/c1-9-3-2-4-10(7-9)8-18-12-6-5-11(15)13(16)14(12)17/h2-7,18H,8H2,1H3. The summed E-state index contributed by atoms with van der Waals surface area (Å²) in [5.41, 5.74) is 1.98. The van der Waals surface area contributed by atoms with Crippen molar-refractivity contribution in [3.63, 3.8) is 0 Å². The fourth-order valence-electron chi connectivity index (χ4n) is 1.68. The number of anilines is 1. The summed E-state index contributed by atoms with van der Waals surface area (Å²) < 4.78 is 39.1. The average molecular weight is 251 g/mol. The third-order valence-electron chi connectivity index (χ3n) is 2.60. The summed E-state index contributed by atoms with van der Waals surface area (Å²) in [7, 11) is 0. The molecule has 0 heterocycles. The van der Waals surface area contributed by atoms with Crippen LogP contribution in [-0.2, 0) is 6.54 Å². The van der Waals surface area contributed by atoms with Crippen LogP contribution in [0, 0.1) is 24.4 Å². The minimum Gasteiger partial charge on any atom is -0.379 e. The predicted octanol–water partition coefficient (Wildman–Crippen LogP) is 4.02. The number of aryl methyl sites for hydroxylation is 1. The van der Waals surface area contributed by atoms with Crippen molar-refractivity contribution in [2.75, 3.05) is 5.32 Å². The number of halogens is 3. The van der Waals surface area contributed by atoms with Gasteiger partial charge in [0.05, 0.1) is 5.69 Å². The second-order valence-electron chi connectivity index (χ2n) is 4.07. The molecule has 0 aliphatic carbocycles. The van der Waals surface area contributed by atoms with E-state index in [4.69, 9.17) is 0 Å². The molecule has 0 atom stereocenters. The van der Waals surface area contributed by atoms with Crippen LogP contribution in [0.4, 0.5) is 18.9 Å². The van der Waals surface area contributed by atoms with Crippen molar-refractivity contribution in [3.8, 4) is 0 Å². The van der Waals surface area contributed by atoms with Crippen molar-refractivity contribution >= 4 is 5.69 Å². The maximum absolute atomic E-state index is 13.4. The van der Waals surface area contributed by atoms with Crippen molar-refractivity contribution in [1.82, 2.24) is 0 Å². The molecule has 0 saturated carbocycles. The van der Waals surface area contributed by atoms with Gasteiger partial charge in [-0.05, 0) is 24.6 Å². The van der Waals surface area contributed by atoms with E-state index in [2.05, 4.69) is 5.32 Å². The van der Waals surface area contributed by atoms with E-state index >= 15 is 0 Å². The quantitative estimate of drug-likeness (QED) is 0.812. The highest BCUT2D eigenvalue weighted by Crippen LogP contribution is 2.20. The van der Waals surface area contributed by atoms with Gasteiger partial charge in [0, 0.05) is 6.54 Å². The first-order valence-corrected chi connectivity index (χ1v) is 5.51. The van der Waals surface area contributed by atoms with Crippen LogP contribution in [-0.4, -0.2) is 0 Å². The maximum Gasteiger partial charge on any atom is 0.196 e. The summed E-state index contributed by atoms with van der Waals surface area (Å²) >= 11 is 0. The second-order valence-corrected chi connectivity index (χ2v) is 4.07. The molecule has 2 aromatic carbocycles. The Bertz CT molecular complexity index is 567. The molecule has 0 fully saturated rings. The summed E-state index contributed by atoms with van der Waals surface area (Å²) in [6.07, 6.45) is 0. The van der Waals surface area contributed by atoms with Gasteiger partial charge in [-0.2, -0.15) is 0 Å². The molecule has 0 amide bonds. The van der Waals surface area contributed by atoms with Gasteiger partial charge in [0.15, 0.2) is 17.5 Å². The molecule has 0 saturated heterocycles. The first-order chi connectivity index (χ1) is 8.58. The van der Waals surface area contributed by atoms with Crippen LogP contribution >= 0.6 is 0 Å². The molecule has 1 N–H and O–H groups in total. The Kier molecular flexibility index (Phi) is 3.55. The van der Waals surface area contributed by atoms with E-state index in [-0.39, 0.29) is 5.69 Å². The molecule has 18 heavy (non-hydrogen) atoms. The van der Waals surface area contributed by atoms with Gasteiger partial charge in [-0.1, -0.05) is 29.8 Å². The van der Waals surface area contributed by atoms with Gasteiger partial charge in [0.1, 0.15) is 0 Å². The van der Waals surface area contributed by atoms with Crippen molar-refractivity contribution in [3.05, 3.63) is 65.0 Å². The molecule has 0 aromatic heterocycles. The maximum atomic E-state index is 13.4. The second kappa shape index (κ2) is 5.12. The van der Waals surface area contributed by atoms with Crippen molar-refractivity contribution in [2.24, 2.45) is 0 Å². The van der Waals surface area contributed by atoms with Gasteiger partial charge in [0.25, 0.3) is 0 Å². The monoisotopic (exact) mass is 251 g/mol. The SMILES string of the molecule is Cc1cccc(CNc2ccc(F)c(F)c2F)c1. The van der Waals surface area contributed by atoms with E-state index in [0.717, 1.165) is 17.2 Å². The molecule has 1 nitrogen and oxygen atoms in total.